The van der Waals surface area contributed by atoms with E-state index in [-0.39, 0.29) is 17.3 Å². The van der Waals surface area contributed by atoms with Crippen LogP contribution in [0.1, 0.15) is 40.5 Å². The fraction of sp³-hybridized carbons (Fsp3) is 0.909. The van der Waals surface area contributed by atoms with Gasteiger partial charge in [0.2, 0.25) is 0 Å². The molecule has 0 aliphatic heterocycles. The summed E-state index contributed by atoms with van der Waals surface area (Å²) in [7, 11) is 0. The molecule has 0 saturated heterocycles. The summed E-state index contributed by atoms with van der Waals surface area (Å²) in [5.41, 5.74) is 5.58. The summed E-state index contributed by atoms with van der Waals surface area (Å²) in [6, 6.07) is 0. The zero-order valence-corrected chi connectivity index (χ0v) is 9.80. The van der Waals surface area contributed by atoms with Crippen LogP contribution in [-0.4, -0.2) is 19.1 Å². The van der Waals surface area contributed by atoms with Gasteiger partial charge in [-0.15, -0.1) is 0 Å². The van der Waals surface area contributed by atoms with Crippen molar-refractivity contribution in [3.05, 3.63) is 0 Å². The second kappa shape index (κ2) is 6.02. The Labute approximate surface area is 87.0 Å². The maximum Gasteiger partial charge on any atom is 0.308 e. The summed E-state index contributed by atoms with van der Waals surface area (Å²) in [5, 5.41) is 0. The van der Waals surface area contributed by atoms with Crippen LogP contribution in [-0.2, 0) is 9.53 Å². The summed E-state index contributed by atoms with van der Waals surface area (Å²) < 4.78 is 5.14. The van der Waals surface area contributed by atoms with E-state index in [1.54, 1.807) is 0 Å². The van der Waals surface area contributed by atoms with E-state index in [2.05, 4.69) is 20.8 Å². The van der Waals surface area contributed by atoms with Crippen molar-refractivity contribution in [1.82, 2.24) is 0 Å². The van der Waals surface area contributed by atoms with Crippen molar-refractivity contribution in [2.75, 3.05) is 13.2 Å². The van der Waals surface area contributed by atoms with Gasteiger partial charge in [0.05, 0.1) is 12.5 Å². The Morgan fingerprint density at radius 3 is 2.43 bits per heavy atom. The zero-order valence-electron chi connectivity index (χ0n) is 9.80. The van der Waals surface area contributed by atoms with E-state index in [1.165, 1.54) is 0 Å². The van der Waals surface area contributed by atoms with Crippen LogP contribution in [0, 0.1) is 11.3 Å². The fourth-order valence-corrected chi connectivity index (χ4v) is 0.968. The minimum atomic E-state index is -0.125. The summed E-state index contributed by atoms with van der Waals surface area (Å²) in [5.74, 6) is -0.195. The van der Waals surface area contributed by atoms with Gasteiger partial charge >= 0.3 is 5.97 Å². The number of rotatable bonds is 5. The van der Waals surface area contributed by atoms with Gasteiger partial charge in [-0.2, -0.15) is 0 Å². The van der Waals surface area contributed by atoms with E-state index in [4.69, 9.17) is 10.5 Å². The molecule has 0 saturated carbocycles. The van der Waals surface area contributed by atoms with Crippen LogP contribution in [0.5, 0.6) is 0 Å². The van der Waals surface area contributed by atoms with Gasteiger partial charge in [-0.05, 0) is 24.8 Å². The predicted octanol–water partition coefficient (Wildman–Crippen LogP) is 1.95. The first-order valence-electron chi connectivity index (χ1n) is 5.23. The number of carbonyl (C=O) groups excluding carboxylic acids is 1. The lowest BCUT2D eigenvalue weighted by atomic mass is 9.93. The van der Waals surface area contributed by atoms with Crippen molar-refractivity contribution >= 4 is 5.97 Å². The highest BCUT2D eigenvalue weighted by molar-refractivity contribution is 5.71. The van der Waals surface area contributed by atoms with Crippen LogP contribution in [0.3, 0.4) is 0 Å². The highest BCUT2D eigenvalue weighted by Gasteiger charge is 2.15. The Morgan fingerprint density at radius 1 is 1.43 bits per heavy atom. The lowest BCUT2D eigenvalue weighted by Crippen LogP contribution is -2.20. The molecule has 0 heterocycles. The molecule has 0 fully saturated rings. The van der Waals surface area contributed by atoms with Gasteiger partial charge in [0.25, 0.3) is 0 Å². The van der Waals surface area contributed by atoms with Gasteiger partial charge in [-0.3, -0.25) is 4.79 Å². The minimum Gasteiger partial charge on any atom is -0.465 e. The number of carbonyl (C=O) groups is 1. The lowest BCUT2D eigenvalue weighted by Gasteiger charge is -2.18. The van der Waals surface area contributed by atoms with Crippen molar-refractivity contribution in [1.29, 1.82) is 0 Å². The molecule has 0 rings (SSSR count). The Balaban J connectivity index is 3.64. The average Bonchev–Trinajstić information content (AvgIpc) is 2.02. The number of esters is 1. The van der Waals surface area contributed by atoms with Crippen LogP contribution in [0.2, 0.25) is 0 Å². The van der Waals surface area contributed by atoms with Crippen LogP contribution in [0.15, 0.2) is 0 Å². The molecule has 14 heavy (non-hydrogen) atoms. The third kappa shape index (κ3) is 6.89. The second-order valence-corrected chi connectivity index (χ2v) is 4.96. The molecule has 0 radical (unpaired) electrons. The summed E-state index contributed by atoms with van der Waals surface area (Å²) in [4.78, 5) is 11.3. The molecule has 0 aromatic rings. The van der Waals surface area contributed by atoms with Crippen molar-refractivity contribution in [2.45, 2.75) is 40.5 Å². The molecule has 1 unspecified atom stereocenters. The zero-order chi connectivity index (χ0) is 11.2. The first-order valence-corrected chi connectivity index (χ1v) is 5.23. The molecule has 2 N–H and O–H groups in total. The van der Waals surface area contributed by atoms with Crippen LogP contribution < -0.4 is 5.73 Å². The van der Waals surface area contributed by atoms with Crippen LogP contribution in [0.25, 0.3) is 0 Å². The quantitative estimate of drug-likeness (QED) is 0.692. The Hall–Kier alpha value is -0.570. The number of hydrogen-bond donors (Lipinski definition) is 1. The Bertz CT molecular complexity index is 173. The molecule has 0 amide bonds. The van der Waals surface area contributed by atoms with Crippen molar-refractivity contribution < 1.29 is 9.53 Å². The predicted molar refractivity (Wildman–Crippen MR) is 57.9 cm³/mol. The first-order chi connectivity index (χ1) is 6.37. The molecular formula is C11H23NO2. The normalized spacial score (nSPS) is 13.8. The third-order valence-electron chi connectivity index (χ3n) is 2.10. The summed E-state index contributed by atoms with van der Waals surface area (Å²) in [6.45, 7) is 9.29. The maximum atomic E-state index is 11.3. The monoisotopic (exact) mass is 201 g/mol. The Morgan fingerprint density at radius 2 is 2.00 bits per heavy atom. The molecule has 0 bridgehead atoms. The smallest absolute Gasteiger partial charge is 0.308 e. The van der Waals surface area contributed by atoms with E-state index in [0.717, 1.165) is 6.42 Å². The molecule has 0 spiro atoms. The third-order valence-corrected chi connectivity index (χ3v) is 2.10. The minimum absolute atomic E-state index is 0.0695. The van der Waals surface area contributed by atoms with Gasteiger partial charge in [0.15, 0.2) is 0 Å². The average molecular weight is 201 g/mol. The fourth-order valence-electron chi connectivity index (χ4n) is 0.968. The SMILES string of the molecule is CC(CCN)C(=O)OCCC(C)(C)C. The molecule has 3 nitrogen and oxygen atoms in total. The maximum absolute atomic E-state index is 11.3. The van der Waals surface area contributed by atoms with E-state index in [1.807, 2.05) is 6.92 Å². The largest absolute Gasteiger partial charge is 0.465 e. The van der Waals surface area contributed by atoms with Gasteiger partial charge in [0.1, 0.15) is 0 Å². The topological polar surface area (TPSA) is 52.3 Å². The first kappa shape index (κ1) is 13.4. The van der Waals surface area contributed by atoms with E-state index >= 15 is 0 Å². The standard InChI is InChI=1S/C11H23NO2/c1-9(5-7-12)10(13)14-8-6-11(2,3)4/h9H,5-8,12H2,1-4H3. The molecule has 3 heteroatoms. The highest BCUT2D eigenvalue weighted by Crippen LogP contribution is 2.18. The molecule has 84 valence electrons. The molecule has 0 aliphatic rings. The van der Waals surface area contributed by atoms with E-state index in [0.29, 0.717) is 19.6 Å². The van der Waals surface area contributed by atoms with Gasteiger partial charge in [0, 0.05) is 0 Å². The highest BCUT2D eigenvalue weighted by atomic mass is 16.5. The van der Waals surface area contributed by atoms with Crippen molar-refractivity contribution in [3.8, 4) is 0 Å². The summed E-state index contributed by atoms with van der Waals surface area (Å²) >= 11 is 0. The van der Waals surface area contributed by atoms with Crippen molar-refractivity contribution in [3.63, 3.8) is 0 Å². The van der Waals surface area contributed by atoms with Crippen LogP contribution >= 0.6 is 0 Å². The number of nitrogens with two attached hydrogens (primary N) is 1. The van der Waals surface area contributed by atoms with E-state index < -0.39 is 0 Å². The molecule has 1 atom stereocenters. The van der Waals surface area contributed by atoms with Crippen molar-refractivity contribution in [2.24, 2.45) is 17.1 Å². The van der Waals surface area contributed by atoms with Gasteiger partial charge in [-0.1, -0.05) is 27.7 Å². The van der Waals surface area contributed by atoms with Gasteiger partial charge < -0.3 is 10.5 Å². The number of hydrogen-bond acceptors (Lipinski definition) is 3. The molecule has 0 aromatic heterocycles. The molecular weight excluding hydrogens is 178 g/mol. The lowest BCUT2D eigenvalue weighted by molar-refractivity contribution is -0.148. The molecule has 0 aromatic carbocycles. The van der Waals surface area contributed by atoms with Gasteiger partial charge in [-0.25, -0.2) is 0 Å². The molecule has 0 aliphatic carbocycles. The second-order valence-electron chi connectivity index (χ2n) is 4.96. The number of ether oxygens (including phenoxy) is 1. The van der Waals surface area contributed by atoms with Crippen LogP contribution in [0.4, 0.5) is 0 Å². The summed E-state index contributed by atoms with van der Waals surface area (Å²) in [6.07, 6.45) is 1.60. The Kier molecular flexibility index (Phi) is 5.77. The van der Waals surface area contributed by atoms with E-state index in [9.17, 15) is 4.79 Å².